The average Bonchev–Trinajstić information content (AvgIpc) is 2.04. The number of nitrogens with zero attached hydrogens (tertiary/aromatic N) is 1. The van der Waals surface area contributed by atoms with Gasteiger partial charge in [0.15, 0.2) is 0 Å². The number of nitro benzene ring substituents is 1. The Kier molecular flexibility index (Phi) is 5.70. The van der Waals surface area contributed by atoms with E-state index in [9.17, 15) is 14.9 Å². The topological polar surface area (TPSA) is 60.2 Å². The second-order valence-electron chi connectivity index (χ2n) is 2.23. The maximum atomic E-state index is 10.6. The van der Waals surface area contributed by atoms with Crippen LogP contribution in [0.5, 0.6) is 0 Å². The molecule has 0 saturated carbocycles. The predicted molar refractivity (Wildman–Crippen MR) is 51.6 cm³/mol. The Labute approximate surface area is 114 Å². The van der Waals surface area contributed by atoms with E-state index in [0.717, 1.165) is 6.07 Å². The van der Waals surface area contributed by atoms with E-state index in [0.29, 0.717) is 0 Å². The molecule has 0 saturated heterocycles. The first kappa shape index (κ1) is 13.9. The minimum Gasteiger partial charge on any atom is -1.00 e. The zero-order valence-electron chi connectivity index (χ0n) is 8.23. The number of hydrogen-bond donors (Lipinski definition) is 1. The van der Waals surface area contributed by atoms with Crippen LogP contribution in [-0.2, 0) is 0 Å². The van der Waals surface area contributed by atoms with E-state index in [4.69, 9.17) is 11.6 Å². The summed E-state index contributed by atoms with van der Waals surface area (Å²) in [5.74, 6) is 0. The van der Waals surface area contributed by atoms with Gasteiger partial charge in [-0.05, 0) is 23.7 Å². The van der Waals surface area contributed by atoms with Gasteiger partial charge < -0.3 is 1.43 Å². The van der Waals surface area contributed by atoms with Gasteiger partial charge in [-0.3, -0.25) is 14.9 Å². The molecular formula is C7H5ClNNaO3S. The van der Waals surface area contributed by atoms with Crippen molar-refractivity contribution in [2.75, 3.05) is 0 Å². The summed E-state index contributed by atoms with van der Waals surface area (Å²) in [7, 11) is 0. The zero-order chi connectivity index (χ0) is 10.0. The average molecular weight is 242 g/mol. The molecule has 0 bridgehead atoms. The molecule has 0 unspecified atom stereocenters. The summed E-state index contributed by atoms with van der Waals surface area (Å²) in [5.41, 5.74) is -0.138. The van der Waals surface area contributed by atoms with Crippen LogP contribution in [-0.4, -0.2) is 10.2 Å². The largest absolute Gasteiger partial charge is 1.00 e. The Bertz CT molecular complexity index is 390. The van der Waals surface area contributed by atoms with Gasteiger partial charge in [-0.15, -0.1) is 12.6 Å². The third-order valence-corrected chi connectivity index (χ3v) is 2.00. The first-order chi connectivity index (χ1) is 6.02. The molecule has 1 aromatic carbocycles. The summed E-state index contributed by atoms with van der Waals surface area (Å²) < 4.78 is 0. The van der Waals surface area contributed by atoms with Crippen LogP contribution < -0.4 is 29.6 Å². The summed E-state index contributed by atoms with van der Waals surface area (Å²) in [5, 5.41) is 9.67. The molecule has 7 heteroatoms. The van der Waals surface area contributed by atoms with E-state index in [-0.39, 0.29) is 47.1 Å². The smallest absolute Gasteiger partial charge is 1.00 e. The molecule has 0 fully saturated rings. The van der Waals surface area contributed by atoms with Crippen molar-refractivity contribution in [3.8, 4) is 0 Å². The van der Waals surface area contributed by atoms with Gasteiger partial charge in [-0.25, -0.2) is 0 Å². The molecule has 70 valence electrons. The van der Waals surface area contributed by atoms with Gasteiger partial charge in [-0.2, -0.15) is 0 Å². The molecule has 0 aliphatic rings. The summed E-state index contributed by atoms with van der Waals surface area (Å²) in [6.45, 7) is 0. The number of halogens is 1. The van der Waals surface area contributed by atoms with E-state index >= 15 is 0 Å². The van der Waals surface area contributed by atoms with Crippen LogP contribution in [0.3, 0.4) is 0 Å². The monoisotopic (exact) mass is 241 g/mol. The second kappa shape index (κ2) is 5.72. The molecule has 1 rings (SSSR count). The maximum absolute atomic E-state index is 10.6. The number of thiol groups is 1. The number of carbonyl (C=O) groups is 1. The van der Waals surface area contributed by atoms with Crippen molar-refractivity contribution in [3.05, 3.63) is 33.9 Å². The third kappa shape index (κ3) is 3.25. The van der Waals surface area contributed by atoms with Gasteiger partial charge in [0.2, 0.25) is 0 Å². The molecule has 4 nitrogen and oxygen atoms in total. The van der Waals surface area contributed by atoms with Crippen LogP contribution in [0, 0.1) is 10.1 Å². The molecule has 1 aromatic rings. The second-order valence-corrected chi connectivity index (χ2v) is 3.06. The molecule has 0 radical (unpaired) electrons. The fourth-order valence-electron chi connectivity index (χ4n) is 0.792. The van der Waals surface area contributed by atoms with Crippen molar-refractivity contribution < 1.29 is 40.7 Å². The Morgan fingerprint density at radius 2 is 2.14 bits per heavy atom. The normalized spacial score (nSPS) is 9.00. The van der Waals surface area contributed by atoms with Gasteiger partial charge in [0.25, 0.3) is 10.9 Å². The fourth-order valence-corrected chi connectivity index (χ4v) is 1.13. The van der Waals surface area contributed by atoms with E-state index in [1.807, 2.05) is 0 Å². The number of benzene rings is 1. The molecule has 0 N–H and O–H groups in total. The van der Waals surface area contributed by atoms with Gasteiger partial charge in [0.1, 0.15) is 0 Å². The molecule has 0 spiro atoms. The van der Waals surface area contributed by atoms with Crippen molar-refractivity contribution in [3.63, 3.8) is 0 Å². The van der Waals surface area contributed by atoms with Crippen molar-refractivity contribution in [2.24, 2.45) is 0 Å². The summed E-state index contributed by atoms with van der Waals surface area (Å²) in [4.78, 5) is 20.6. The number of carbonyl (C=O) groups excluding carboxylic acids is 1. The SMILES string of the molecule is O=C(Cl)c1ccc(S)c([N+](=O)[O-])c1.[H-].[Na+]. The predicted octanol–water partition coefficient (Wildman–Crippen LogP) is -0.621. The summed E-state index contributed by atoms with van der Waals surface area (Å²) >= 11 is 9.00. The van der Waals surface area contributed by atoms with Crippen LogP contribution in [0.1, 0.15) is 11.8 Å². The van der Waals surface area contributed by atoms with E-state index < -0.39 is 10.2 Å². The van der Waals surface area contributed by atoms with Crippen LogP contribution in [0.25, 0.3) is 0 Å². The summed E-state index contributed by atoms with van der Waals surface area (Å²) in [6.07, 6.45) is 0. The minimum absolute atomic E-state index is 0. The molecule has 14 heavy (non-hydrogen) atoms. The Morgan fingerprint density at radius 3 is 2.57 bits per heavy atom. The molecule has 0 atom stereocenters. The van der Waals surface area contributed by atoms with Crippen LogP contribution in [0.2, 0.25) is 0 Å². The molecule has 0 amide bonds. The first-order valence-corrected chi connectivity index (χ1v) is 4.02. The van der Waals surface area contributed by atoms with Gasteiger partial charge >= 0.3 is 29.6 Å². The van der Waals surface area contributed by atoms with Gasteiger partial charge in [-0.1, -0.05) is 0 Å². The standard InChI is InChI=1S/C7H4ClNO3S.Na.H/c8-7(10)4-1-2-6(13)5(3-4)9(11)12;;/h1-3,13H;;/q;+1;-1. The van der Waals surface area contributed by atoms with Crippen molar-refractivity contribution in [1.29, 1.82) is 0 Å². The fraction of sp³-hybridized carbons (Fsp3) is 0. The van der Waals surface area contributed by atoms with Crippen LogP contribution >= 0.6 is 24.2 Å². The Hall–Kier alpha value is -0.0700. The number of rotatable bonds is 2. The van der Waals surface area contributed by atoms with E-state index in [2.05, 4.69) is 12.6 Å². The van der Waals surface area contributed by atoms with Crippen molar-refractivity contribution in [1.82, 2.24) is 0 Å². The van der Waals surface area contributed by atoms with E-state index in [1.165, 1.54) is 12.1 Å². The molecule has 0 aliphatic heterocycles. The molecular weight excluding hydrogens is 237 g/mol. The number of hydrogen-bond acceptors (Lipinski definition) is 4. The Balaban J connectivity index is 0. The molecule has 0 heterocycles. The number of nitro groups is 1. The van der Waals surface area contributed by atoms with E-state index in [1.54, 1.807) is 0 Å². The minimum atomic E-state index is -0.726. The van der Waals surface area contributed by atoms with Crippen molar-refractivity contribution >= 4 is 35.2 Å². The zero-order valence-corrected chi connectivity index (χ0v) is 10.9. The molecule has 0 aliphatic carbocycles. The van der Waals surface area contributed by atoms with Crippen molar-refractivity contribution in [2.45, 2.75) is 4.90 Å². The first-order valence-electron chi connectivity index (χ1n) is 3.19. The maximum Gasteiger partial charge on any atom is 1.00 e. The summed E-state index contributed by atoms with van der Waals surface area (Å²) in [6, 6.07) is 3.83. The quantitative estimate of drug-likeness (QED) is 0.247. The Morgan fingerprint density at radius 1 is 1.57 bits per heavy atom. The third-order valence-electron chi connectivity index (χ3n) is 1.40. The van der Waals surface area contributed by atoms with Gasteiger partial charge in [0, 0.05) is 11.6 Å². The van der Waals surface area contributed by atoms with Crippen LogP contribution in [0.15, 0.2) is 23.1 Å². The van der Waals surface area contributed by atoms with Gasteiger partial charge in [0.05, 0.1) is 9.82 Å². The van der Waals surface area contributed by atoms with Crippen LogP contribution in [0.4, 0.5) is 5.69 Å². The molecule has 0 aromatic heterocycles.